The van der Waals surface area contributed by atoms with Crippen LogP contribution in [0.3, 0.4) is 0 Å². The van der Waals surface area contributed by atoms with E-state index < -0.39 is 11.9 Å². The number of carbonyl (C=O) groups excluding carboxylic acids is 1. The van der Waals surface area contributed by atoms with Gasteiger partial charge in [0.15, 0.2) is 0 Å². The molecule has 0 aliphatic carbocycles. The van der Waals surface area contributed by atoms with Crippen LogP contribution >= 0.6 is 22.6 Å². The van der Waals surface area contributed by atoms with Crippen LogP contribution in [0.25, 0.3) is 0 Å². The summed E-state index contributed by atoms with van der Waals surface area (Å²) in [6.07, 6.45) is 0.429. The van der Waals surface area contributed by atoms with Crippen LogP contribution in [0.1, 0.15) is 54.8 Å². The minimum atomic E-state index is -1.13. The molecule has 1 aromatic rings. The number of carboxylic acids is 1. The third-order valence-electron chi connectivity index (χ3n) is 3.02. The minimum absolute atomic E-state index is 0.0225. The maximum absolute atomic E-state index is 12.2. The molecule has 0 radical (unpaired) electrons. The topological polar surface area (TPSA) is 63.6 Å². The van der Waals surface area contributed by atoms with Gasteiger partial charge in [-0.15, -0.1) is 0 Å². The second kappa shape index (κ2) is 6.56. The van der Waals surface area contributed by atoms with Gasteiger partial charge in [-0.1, -0.05) is 27.7 Å². The van der Waals surface area contributed by atoms with Gasteiger partial charge in [0.2, 0.25) is 0 Å². The molecule has 0 spiro atoms. The predicted octanol–water partition coefficient (Wildman–Crippen LogP) is 3.97. The number of benzene rings is 1. The van der Waals surface area contributed by atoms with E-state index in [1.54, 1.807) is 6.07 Å². The van der Waals surface area contributed by atoms with Gasteiger partial charge in [-0.3, -0.25) is 0 Å². The van der Waals surface area contributed by atoms with E-state index in [9.17, 15) is 14.7 Å². The number of hydrogen-bond donors (Lipinski definition) is 1. The summed E-state index contributed by atoms with van der Waals surface area (Å²) in [4.78, 5) is 23.4. The van der Waals surface area contributed by atoms with Crippen LogP contribution < -0.4 is 0 Å². The molecule has 0 saturated carbocycles. The van der Waals surface area contributed by atoms with Crippen molar-refractivity contribution in [2.45, 2.75) is 40.2 Å². The molecule has 20 heavy (non-hydrogen) atoms. The number of carboxylic acid groups (broad SMARTS) is 1. The van der Waals surface area contributed by atoms with Crippen LogP contribution in [0.15, 0.2) is 18.2 Å². The Morgan fingerprint density at radius 3 is 2.35 bits per heavy atom. The van der Waals surface area contributed by atoms with Crippen LogP contribution in [0.2, 0.25) is 0 Å². The Labute approximate surface area is 132 Å². The first kappa shape index (κ1) is 16.9. The Kier molecular flexibility index (Phi) is 5.56. The molecule has 1 aromatic carbocycles. The van der Waals surface area contributed by atoms with Gasteiger partial charge in [0.05, 0.1) is 11.1 Å². The maximum atomic E-state index is 12.2. The van der Waals surface area contributed by atoms with Crippen molar-refractivity contribution in [2.75, 3.05) is 0 Å². The van der Waals surface area contributed by atoms with Crippen LogP contribution in [0, 0.1) is 8.99 Å². The summed E-state index contributed by atoms with van der Waals surface area (Å²) in [5, 5.41) is 9.18. The number of carbonyl (C=O) groups is 2. The third-order valence-corrected chi connectivity index (χ3v) is 3.69. The molecule has 110 valence electrons. The highest BCUT2D eigenvalue weighted by Gasteiger charge is 2.28. The molecule has 0 fully saturated rings. The number of esters is 1. The third kappa shape index (κ3) is 4.19. The zero-order valence-electron chi connectivity index (χ0n) is 12.1. The summed E-state index contributed by atoms with van der Waals surface area (Å²) in [6, 6.07) is 4.67. The average molecular weight is 390 g/mol. The Morgan fingerprint density at radius 1 is 1.30 bits per heavy atom. The lowest BCUT2D eigenvalue weighted by molar-refractivity contribution is -0.00428. The fourth-order valence-electron chi connectivity index (χ4n) is 1.94. The maximum Gasteiger partial charge on any atom is 0.339 e. The fourth-order valence-corrected chi connectivity index (χ4v) is 2.43. The SMILES string of the molecule is CCC(OC(=O)c1ccc(I)cc1C(=O)O)C(C)(C)C. The fraction of sp³-hybridized carbons (Fsp3) is 0.467. The number of halogens is 1. The summed E-state index contributed by atoms with van der Waals surface area (Å²) >= 11 is 2.01. The molecule has 1 rings (SSSR count). The number of hydrogen-bond acceptors (Lipinski definition) is 3. The van der Waals surface area contributed by atoms with Gasteiger partial charge in [0.1, 0.15) is 6.10 Å². The Morgan fingerprint density at radius 2 is 1.90 bits per heavy atom. The number of ether oxygens (including phenoxy) is 1. The van der Waals surface area contributed by atoms with Gasteiger partial charge in [0.25, 0.3) is 0 Å². The smallest absolute Gasteiger partial charge is 0.339 e. The quantitative estimate of drug-likeness (QED) is 0.624. The monoisotopic (exact) mass is 390 g/mol. The van der Waals surface area contributed by atoms with E-state index in [4.69, 9.17) is 4.74 Å². The molecule has 1 atom stereocenters. The Bertz CT molecular complexity index is 517. The van der Waals surface area contributed by atoms with Crippen molar-refractivity contribution in [3.8, 4) is 0 Å². The first-order valence-corrected chi connectivity index (χ1v) is 7.48. The number of aromatic carboxylic acids is 1. The van der Waals surface area contributed by atoms with Crippen molar-refractivity contribution in [3.05, 3.63) is 32.9 Å². The second-order valence-electron chi connectivity index (χ2n) is 5.66. The lowest BCUT2D eigenvalue weighted by atomic mass is 9.87. The summed E-state index contributed by atoms with van der Waals surface area (Å²) in [5.74, 6) is -1.71. The van der Waals surface area contributed by atoms with Gasteiger partial charge < -0.3 is 9.84 Å². The molecule has 0 aliphatic rings. The highest BCUT2D eigenvalue weighted by atomic mass is 127. The van der Waals surface area contributed by atoms with E-state index in [1.165, 1.54) is 12.1 Å². The number of rotatable bonds is 4. The van der Waals surface area contributed by atoms with Gasteiger partial charge in [-0.25, -0.2) is 9.59 Å². The molecule has 0 heterocycles. The van der Waals surface area contributed by atoms with E-state index >= 15 is 0 Å². The normalized spacial score (nSPS) is 12.8. The summed E-state index contributed by atoms with van der Waals surface area (Å²) in [5.41, 5.74) is -0.108. The first-order valence-electron chi connectivity index (χ1n) is 6.40. The first-order chi connectivity index (χ1) is 9.16. The molecule has 4 nitrogen and oxygen atoms in total. The summed E-state index contributed by atoms with van der Waals surface area (Å²) in [6.45, 7) is 7.90. The molecular formula is C15H19IO4. The molecule has 0 aromatic heterocycles. The largest absolute Gasteiger partial charge is 0.478 e. The van der Waals surface area contributed by atoms with Crippen molar-refractivity contribution in [1.29, 1.82) is 0 Å². The minimum Gasteiger partial charge on any atom is -0.478 e. The molecule has 1 N–H and O–H groups in total. The molecule has 0 bridgehead atoms. The Hall–Kier alpha value is -1.11. The van der Waals surface area contributed by atoms with Crippen molar-refractivity contribution in [2.24, 2.45) is 5.41 Å². The van der Waals surface area contributed by atoms with E-state index in [0.717, 1.165) is 3.57 Å². The van der Waals surface area contributed by atoms with Crippen LogP contribution in [0.5, 0.6) is 0 Å². The molecule has 0 aliphatic heterocycles. The lowest BCUT2D eigenvalue weighted by Gasteiger charge is -2.29. The van der Waals surface area contributed by atoms with E-state index in [1.807, 2.05) is 50.3 Å². The van der Waals surface area contributed by atoms with Crippen LogP contribution in [0.4, 0.5) is 0 Å². The highest BCUT2D eigenvalue weighted by Crippen LogP contribution is 2.26. The van der Waals surface area contributed by atoms with E-state index in [-0.39, 0.29) is 22.6 Å². The molecule has 0 saturated heterocycles. The summed E-state index contributed by atoms with van der Waals surface area (Å²) < 4.78 is 6.24. The van der Waals surface area contributed by atoms with E-state index in [2.05, 4.69) is 0 Å². The standard InChI is InChI=1S/C15H19IO4/c1-5-12(15(2,3)4)20-14(19)10-7-6-9(16)8-11(10)13(17)18/h6-8,12H,5H2,1-4H3,(H,17,18). The summed E-state index contributed by atoms with van der Waals surface area (Å²) in [7, 11) is 0. The molecular weight excluding hydrogens is 371 g/mol. The van der Waals surface area contributed by atoms with Gasteiger partial charge in [-0.2, -0.15) is 0 Å². The van der Waals surface area contributed by atoms with Gasteiger partial charge in [0, 0.05) is 3.57 Å². The molecule has 0 amide bonds. The van der Waals surface area contributed by atoms with Crippen molar-refractivity contribution in [3.63, 3.8) is 0 Å². The average Bonchev–Trinajstić information content (AvgIpc) is 2.33. The van der Waals surface area contributed by atoms with E-state index in [0.29, 0.717) is 6.42 Å². The zero-order chi connectivity index (χ0) is 15.5. The second-order valence-corrected chi connectivity index (χ2v) is 6.91. The van der Waals surface area contributed by atoms with Crippen molar-refractivity contribution in [1.82, 2.24) is 0 Å². The van der Waals surface area contributed by atoms with Crippen LogP contribution in [-0.4, -0.2) is 23.1 Å². The zero-order valence-corrected chi connectivity index (χ0v) is 14.2. The van der Waals surface area contributed by atoms with Crippen LogP contribution in [-0.2, 0) is 4.74 Å². The highest BCUT2D eigenvalue weighted by molar-refractivity contribution is 14.1. The van der Waals surface area contributed by atoms with Crippen molar-refractivity contribution >= 4 is 34.5 Å². The van der Waals surface area contributed by atoms with Gasteiger partial charge >= 0.3 is 11.9 Å². The van der Waals surface area contributed by atoms with Crippen molar-refractivity contribution < 1.29 is 19.4 Å². The molecule has 5 heteroatoms. The van der Waals surface area contributed by atoms with Gasteiger partial charge in [-0.05, 0) is 52.6 Å². The Balaban J connectivity index is 3.07. The lowest BCUT2D eigenvalue weighted by Crippen LogP contribution is -2.31. The predicted molar refractivity (Wildman–Crippen MR) is 85.1 cm³/mol. The molecule has 1 unspecified atom stereocenters.